The van der Waals surface area contributed by atoms with Crippen LogP contribution in [-0.2, 0) is 20.0 Å². The highest BCUT2D eigenvalue weighted by Crippen LogP contribution is 2.30. The predicted octanol–water partition coefficient (Wildman–Crippen LogP) is 5.10. The zero-order valence-electron chi connectivity index (χ0n) is 19.8. The zero-order chi connectivity index (χ0) is 23.5. The Hall–Kier alpha value is -3.39. The Bertz CT molecular complexity index is 1280. The largest absolute Gasteiger partial charge is 0.312 e. The summed E-state index contributed by atoms with van der Waals surface area (Å²) in [6.07, 6.45) is 2.08. The van der Waals surface area contributed by atoms with Gasteiger partial charge in [0.15, 0.2) is 5.82 Å². The number of pyridine rings is 1. The number of halogens is 1. The second-order valence-corrected chi connectivity index (χ2v) is 8.14. The summed E-state index contributed by atoms with van der Waals surface area (Å²) in [5.74, 6) is 0.795. The van der Waals surface area contributed by atoms with Crippen LogP contribution >= 0.6 is 0 Å². The van der Waals surface area contributed by atoms with E-state index in [0.29, 0.717) is 23.2 Å². The van der Waals surface area contributed by atoms with Crippen molar-refractivity contribution < 1.29 is 4.39 Å². The van der Waals surface area contributed by atoms with Crippen molar-refractivity contribution in [3.8, 4) is 11.3 Å². The number of nitrogens with zero attached hydrogens (tertiary/aromatic N) is 5. The van der Waals surface area contributed by atoms with E-state index in [0.717, 1.165) is 41.8 Å². The first-order valence-corrected chi connectivity index (χ1v) is 11.5. The molecule has 1 aromatic carbocycles. The minimum atomic E-state index is -0.468. The Kier molecular flexibility index (Phi) is 6.65. The van der Waals surface area contributed by atoms with Crippen molar-refractivity contribution in [2.45, 2.75) is 46.6 Å². The molecule has 1 aliphatic rings. The summed E-state index contributed by atoms with van der Waals surface area (Å²) in [4.78, 5) is 13.3. The van der Waals surface area contributed by atoms with Crippen molar-refractivity contribution in [1.82, 2.24) is 30.0 Å². The number of rotatable bonds is 4. The molecule has 0 atom stereocenters. The Labute approximate surface area is 193 Å². The molecule has 4 heterocycles. The van der Waals surface area contributed by atoms with Crippen LogP contribution in [0.1, 0.15) is 50.6 Å². The fraction of sp³-hybridized carbons (Fsp3) is 0.360. The minimum absolute atomic E-state index is 0.250. The van der Waals surface area contributed by atoms with Crippen LogP contribution in [0, 0.1) is 5.82 Å². The monoisotopic (exact) mass is 447 g/mol. The van der Waals surface area contributed by atoms with Gasteiger partial charge >= 0.3 is 0 Å². The van der Waals surface area contributed by atoms with Crippen LogP contribution in [0.5, 0.6) is 0 Å². The number of aryl methyl sites for hydroxylation is 1. The first kappa shape index (κ1) is 22.8. The second-order valence-electron chi connectivity index (χ2n) is 8.14. The maximum Gasteiger partial charge on any atom is 0.229 e. The van der Waals surface area contributed by atoms with Gasteiger partial charge in [-0.2, -0.15) is 5.10 Å². The molecule has 5 rings (SSSR count). The molecule has 0 bridgehead atoms. The smallest absolute Gasteiger partial charge is 0.229 e. The molecule has 8 heteroatoms. The summed E-state index contributed by atoms with van der Waals surface area (Å²) >= 11 is 0. The van der Waals surface area contributed by atoms with Crippen LogP contribution in [0.25, 0.3) is 22.2 Å². The summed E-state index contributed by atoms with van der Waals surface area (Å²) in [6, 6.07) is 9.65. The quantitative estimate of drug-likeness (QED) is 0.453. The van der Waals surface area contributed by atoms with Crippen LogP contribution in [0.4, 0.5) is 16.2 Å². The third-order valence-electron chi connectivity index (χ3n) is 5.61. The first-order chi connectivity index (χ1) is 16.0. The molecule has 2 N–H and O–H groups in total. The summed E-state index contributed by atoms with van der Waals surface area (Å²) in [5.41, 5.74) is 5.19. The first-order valence-electron chi connectivity index (χ1n) is 11.5. The van der Waals surface area contributed by atoms with Gasteiger partial charge in [-0.15, -0.1) is 0 Å². The van der Waals surface area contributed by atoms with Crippen molar-refractivity contribution in [3.63, 3.8) is 0 Å². The molecule has 4 aromatic rings. The lowest BCUT2D eigenvalue weighted by Crippen LogP contribution is -2.24. The number of hydrogen-bond acceptors (Lipinski definition) is 6. The second kappa shape index (κ2) is 9.62. The molecule has 0 radical (unpaired) electrons. The molecule has 0 saturated carbocycles. The van der Waals surface area contributed by atoms with E-state index in [2.05, 4.69) is 44.5 Å². The number of hydrogen-bond donors (Lipinski definition) is 2. The molecule has 0 fully saturated rings. The lowest BCUT2D eigenvalue weighted by atomic mass is 10.0. The topological polar surface area (TPSA) is 80.6 Å². The maximum absolute atomic E-state index is 14.7. The highest BCUT2D eigenvalue weighted by Gasteiger charge is 2.16. The van der Waals surface area contributed by atoms with E-state index < -0.39 is 5.82 Å². The summed E-state index contributed by atoms with van der Waals surface area (Å²) in [7, 11) is 1.93. The molecule has 3 aromatic heterocycles. The third kappa shape index (κ3) is 4.57. The molecule has 172 valence electrons. The van der Waals surface area contributed by atoms with E-state index in [4.69, 9.17) is 0 Å². The Morgan fingerprint density at radius 2 is 1.94 bits per heavy atom. The highest BCUT2D eigenvalue weighted by atomic mass is 19.1. The van der Waals surface area contributed by atoms with Crippen LogP contribution in [0.15, 0.2) is 36.5 Å². The van der Waals surface area contributed by atoms with Crippen molar-refractivity contribution in [3.05, 3.63) is 59.3 Å². The molecule has 0 spiro atoms. The minimum Gasteiger partial charge on any atom is -0.312 e. The Morgan fingerprint density at radius 3 is 2.73 bits per heavy atom. The molecular formula is C25H30FN7. The van der Waals surface area contributed by atoms with E-state index in [1.807, 2.05) is 55.9 Å². The van der Waals surface area contributed by atoms with Crippen molar-refractivity contribution >= 4 is 22.7 Å². The van der Waals surface area contributed by atoms with E-state index in [-0.39, 0.29) is 5.69 Å². The van der Waals surface area contributed by atoms with Gasteiger partial charge in [0.1, 0.15) is 11.5 Å². The third-order valence-corrected chi connectivity index (χ3v) is 5.61. The average molecular weight is 448 g/mol. The van der Waals surface area contributed by atoms with E-state index in [1.54, 1.807) is 0 Å². The molecule has 1 aliphatic heterocycles. The van der Waals surface area contributed by atoms with Crippen molar-refractivity contribution in [1.29, 1.82) is 0 Å². The highest BCUT2D eigenvalue weighted by molar-refractivity contribution is 5.86. The van der Waals surface area contributed by atoms with Gasteiger partial charge in [-0.3, -0.25) is 4.68 Å². The number of nitrogens with one attached hydrogen (secondary N) is 2. The Morgan fingerprint density at radius 1 is 1.12 bits per heavy atom. The van der Waals surface area contributed by atoms with Gasteiger partial charge in [0.2, 0.25) is 5.95 Å². The van der Waals surface area contributed by atoms with E-state index >= 15 is 0 Å². The summed E-state index contributed by atoms with van der Waals surface area (Å²) in [5, 5.41) is 12.0. The van der Waals surface area contributed by atoms with Gasteiger partial charge in [0.25, 0.3) is 0 Å². The van der Waals surface area contributed by atoms with Crippen LogP contribution in [0.3, 0.4) is 0 Å². The van der Waals surface area contributed by atoms with Crippen LogP contribution < -0.4 is 10.6 Å². The van der Waals surface area contributed by atoms with Gasteiger partial charge in [0, 0.05) is 48.9 Å². The van der Waals surface area contributed by atoms with Gasteiger partial charge in [-0.25, -0.2) is 19.3 Å². The molecular weight excluding hydrogens is 417 g/mol. The van der Waals surface area contributed by atoms with Gasteiger partial charge < -0.3 is 10.6 Å². The van der Waals surface area contributed by atoms with Crippen molar-refractivity contribution in [2.75, 3.05) is 11.9 Å². The molecule has 7 nitrogen and oxygen atoms in total. The standard InChI is InChI=1S/C23H24FN7.C2H6/c1-13(2)22-16-10-14(4-6-19(16)30-31(22)3)21-17(24)12-26-23(29-21)28-20-7-5-15-11-25-9-8-18(15)27-20;1-2/h4-7,10,12-13,25H,8-9,11H2,1-3H3,(H,26,27,28,29);1-2H3. The average Bonchev–Trinajstić information content (AvgIpc) is 3.16. The number of fused-ring (bicyclic) bond motifs is 2. The predicted molar refractivity (Wildman–Crippen MR) is 130 cm³/mol. The molecule has 0 amide bonds. The number of benzene rings is 1. The lowest BCUT2D eigenvalue weighted by molar-refractivity contribution is 0.618. The fourth-order valence-electron chi connectivity index (χ4n) is 4.20. The fourth-order valence-corrected chi connectivity index (χ4v) is 4.20. The SMILES string of the molecule is CC.CC(C)c1c2cc(-c3nc(Nc4ccc5c(n4)CCNC5)ncc3F)ccc2nn1C. The molecule has 0 unspecified atom stereocenters. The van der Waals surface area contributed by atoms with Crippen LogP contribution in [0.2, 0.25) is 0 Å². The zero-order valence-corrected chi connectivity index (χ0v) is 19.8. The Balaban J connectivity index is 0.00000126. The van der Waals surface area contributed by atoms with Crippen molar-refractivity contribution in [2.24, 2.45) is 7.05 Å². The van der Waals surface area contributed by atoms with Gasteiger partial charge in [-0.1, -0.05) is 39.8 Å². The van der Waals surface area contributed by atoms with Gasteiger partial charge in [-0.05, 0) is 29.7 Å². The van der Waals surface area contributed by atoms with Gasteiger partial charge in [0.05, 0.1) is 11.7 Å². The maximum atomic E-state index is 14.7. The van der Waals surface area contributed by atoms with E-state index in [9.17, 15) is 4.39 Å². The number of aromatic nitrogens is 5. The summed E-state index contributed by atoms with van der Waals surface area (Å²) in [6.45, 7) is 9.99. The molecule has 33 heavy (non-hydrogen) atoms. The van der Waals surface area contributed by atoms with E-state index in [1.165, 1.54) is 11.8 Å². The molecule has 0 aliphatic carbocycles. The summed E-state index contributed by atoms with van der Waals surface area (Å²) < 4.78 is 16.6. The normalized spacial score (nSPS) is 12.9. The number of anilines is 2. The lowest BCUT2D eigenvalue weighted by Gasteiger charge is -2.17. The molecule has 0 saturated heterocycles. The van der Waals surface area contributed by atoms with Crippen LogP contribution in [-0.4, -0.2) is 31.3 Å².